The van der Waals surface area contributed by atoms with Crippen LogP contribution in [0, 0.1) is 0 Å². The van der Waals surface area contributed by atoms with Crippen LogP contribution in [0.4, 0.5) is 0 Å². The topological polar surface area (TPSA) is 0 Å². The zero-order valence-corrected chi connectivity index (χ0v) is 6.64. The molecule has 0 aliphatic rings. The quantitative estimate of drug-likeness (QED) is 0.427. The average molecular weight is 202 g/mol. The average Bonchev–Trinajstić information content (AvgIpc) is 0. The van der Waals surface area contributed by atoms with E-state index in [1.165, 1.54) is 0 Å². The summed E-state index contributed by atoms with van der Waals surface area (Å²) in [4.78, 5) is 0. The predicted octanol–water partition coefficient (Wildman–Crippen LogP) is -1.34. The molecule has 0 aromatic heterocycles. The molecular formula is H5AlMgMnZr. The fourth-order valence-electron chi connectivity index (χ4n) is 0. The van der Waals surface area contributed by atoms with Gasteiger partial charge >= 0.3 is 23.1 Å². The molecule has 0 heterocycles. The SMILES string of the molecule is [AlH3].[H-].[H-].[Mg+2].[Mn].[Zr]. The van der Waals surface area contributed by atoms with Crippen LogP contribution in [0.3, 0.4) is 0 Å². The van der Waals surface area contributed by atoms with Crippen LogP contribution in [0.15, 0.2) is 0 Å². The van der Waals surface area contributed by atoms with Gasteiger partial charge in [0.2, 0.25) is 0 Å². The van der Waals surface area contributed by atoms with Crippen molar-refractivity contribution in [3.63, 3.8) is 0 Å². The molecule has 0 aromatic carbocycles. The molecule has 0 aromatic rings. The summed E-state index contributed by atoms with van der Waals surface area (Å²) in [7, 11) is 0. The molecule has 0 rings (SSSR count). The molecule has 1 radical (unpaired) electrons. The van der Waals surface area contributed by atoms with E-state index in [1.54, 1.807) is 0 Å². The Bertz CT molecular complexity index is 13.5. The first-order valence-electron chi connectivity index (χ1n) is 0. The zero-order chi connectivity index (χ0) is 0. The summed E-state index contributed by atoms with van der Waals surface area (Å²) in [5.41, 5.74) is 0. The standard InChI is InChI=1S/Al.Mg.Mn.Zr.5H/q;+2;;;;;;2*-1. The molecular weight excluding hydrogens is 197 g/mol. The van der Waals surface area contributed by atoms with Gasteiger partial charge in [0.1, 0.15) is 0 Å². The van der Waals surface area contributed by atoms with Crippen molar-refractivity contribution in [3.05, 3.63) is 0 Å². The summed E-state index contributed by atoms with van der Waals surface area (Å²) in [6.07, 6.45) is 0. The summed E-state index contributed by atoms with van der Waals surface area (Å²) < 4.78 is 0. The van der Waals surface area contributed by atoms with Gasteiger partial charge in [0, 0.05) is 43.3 Å². The predicted molar refractivity (Wildman–Crippen MR) is 17.9 cm³/mol. The minimum absolute atomic E-state index is 0. The van der Waals surface area contributed by atoms with Gasteiger partial charge in [-0.15, -0.1) is 0 Å². The maximum Gasteiger partial charge on any atom is 2.00 e. The zero-order valence-electron chi connectivity index (χ0n) is 3.59. The van der Waals surface area contributed by atoms with E-state index in [-0.39, 0.29) is 86.5 Å². The molecule has 0 amide bonds. The van der Waals surface area contributed by atoms with Crippen molar-refractivity contribution >= 4 is 40.4 Å². The molecule has 0 atom stereocenters. The molecule has 0 unspecified atom stereocenters. The van der Waals surface area contributed by atoms with E-state index in [4.69, 9.17) is 0 Å². The Morgan fingerprint density at radius 1 is 1.25 bits per heavy atom. The van der Waals surface area contributed by atoms with Gasteiger partial charge in [-0.05, 0) is 0 Å². The third-order valence-corrected chi connectivity index (χ3v) is 0. The van der Waals surface area contributed by atoms with Crippen LogP contribution in [0.5, 0.6) is 0 Å². The van der Waals surface area contributed by atoms with Gasteiger partial charge in [0.25, 0.3) is 0 Å². The Morgan fingerprint density at radius 2 is 1.25 bits per heavy atom. The van der Waals surface area contributed by atoms with Crippen molar-refractivity contribution in [2.24, 2.45) is 0 Å². The smallest absolute Gasteiger partial charge is 1.00 e. The van der Waals surface area contributed by atoms with Crippen LogP contribution < -0.4 is 0 Å². The minimum Gasteiger partial charge on any atom is -1.00 e. The van der Waals surface area contributed by atoms with Gasteiger partial charge in [-0.1, -0.05) is 0 Å². The van der Waals surface area contributed by atoms with Crippen LogP contribution in [-0.4, -0.2) is 40.4 Å². The second kappa shape index (κ2) is 17.3. The van der Waals surface area contributed by atoms with Crippen molar-refractivity contribution in [1.82, 2.24) is 0 Å². The maximum atomic E-state index is 0. The van der Waals surface area contributed by atoms with Gasteiger partial charge in [0.05, 0.1) is 0 Å². The molecule has 0 spiro atoms. The number of hydrogen-bond acceptors (Lipinski definition) is 0. The van der Waals surface area contributed by atoms with Crippen molar-refractivity contribution in [1.29, 1.82) is 0 Å². The van der Waals surface area contributed by atoms with E-state index in [0.29, 0.717) is 0 Å². The Kier molecular flexibility index (Phi) is 129. The summed E-state index contributed by atoms with van der Waals surface area (Å²) in [6.45, 7) is 0. The van der Waals surface area contributed by atoms with Gasteiger partial charge in [-0.3, -0.25) is 0 Å². The summed E-state index contributed by atoms with van der Waals surface area (Å²) in [5, 5.41) is 0. The first-order valence-corrected chi connectivity index (χ1v) is 0. The van der Waals surface area contributed by atoms with Crippen molar-refractivity contribution in [3.8, 4) is 0 Å². The maximum absolute atomic E-state index is 0. The van der Waals surface area contributed by atoms with Gasteiger partial charge in [-0.25, -0.2) is 0 Å². The second-order valence-corrected chi connectivity index (χ2v) is 0. The largest absolute Gasteiger partial charge is 2.00 e. The Balaban J connectivity index is 0. The van der Waals surface area contributed by atoms with Crippen LogP contribution in [0.25, 0.3) is 0 Å². The van der Waals surface area contributed by atoms with Crippen LogP contribution in [-0.2, 0) is 43.3 Å². The molecule has 21 valence electrons. The fourth-order valence-corrected chi connectivity index (χ4v) is 0. The normalized spacial score (nSPS) is 0. The van der Waals surface area contributed by atoms with Gasteiger partial charge < -0.3 is 2.85 Å². The first-order chi connectivity index (χ1) is 0. The van der Waals surface area contributed by atoms with Crippen LogP contribution in [0.1, 0.15) is 2.85 Å². The third-order valence-electron chi connectivity index (χ3n) is 0. The van der Waals surface area contributed by atoms with Gasteiger partial charge in [-0.2, -0.15) is 0 Å². The van der Waals surface area contributed by atoms with Crippen molar-refractivity contribution < 1.29 is 46.1 Å². The fraction of sp³-hybridized carbons (Fsp3) is 0. The summed E-state index contributed by atoms with van der Waals surface area (Å²) >= 11 is 0. The number of rotatable bonds is 0. The van der Waals surface area contributed by atoms with Crippen LogP contribution in [0.2, 0.25) is 0 Å². The molecule has 0 bridgehead atoms. The molecule has 0 saturated carbocycles. The van der Waals surface area contributed by atoms with E-state index in [0.717, 1.165) is 0 Å². The first kappa shape index (κ1) is 29.9. The molecule has 4 heavy (non-hydrogen) atoms. The molecule has 0 aliphatic heterocycles. The molecule has 0 aliphatic carbocycles. The summed E-state index contributed by atoms with van der Waals surface area (Å²) in [6, 6.07) is 0. The van der Waals surface area contributed by atoms with E-state index >= 15 is 0 Å². The Hall–Kier alpha value is 2.70. The van der Waals surface area contributed by atoms with E-state index in [2.05, 4.69) is 0 Å². The van der Waals surface area contributed by atoms with Crippen LogP contribution >= 0.6 is 0 Å². The summed E-state index contributed by atoms with van der Waals surface area (Å²) in [5.74, 6) is 0. The molecule has 0 fully saturated rings. The third kappa shape index (κ3) is 8.83. The molecule has 4 heteroatoms. The molecule has 0 N–H and O–H groups in total. The Labute approximate surface area is 85.3 Å². The molecule has 0 saturated heterocycles. The Morgan fingerprint density at radius 3 is 1.25 bits per heavy atom. The second-order valence-electron chi connectivity index (χ2n) is 0. The minimum atomic E-state index is 0. The van der Waals surface area contributed by atoms with Crippen molar-refractivity contribution in [2.45, 2.75) is 0 Å². The van der Waals surface area contributed by atoms with Gasteiger partial charge in [0.15, 0.2) is 17.4 Å². The van der Waals surface area contributed by atoms with Crippen molar-refractivity contribution in [2.75, 3.05) is 0 Å². The molecule has 0 nitrogen and oxygen atoms in total. The van der Waals surface area contributed by atoms with E-state index in [1.807, 2.05) is 0 Å². The van der Waals surface area contributed by atoms with E-state index in [9.17, 15) is 0 Å². The monoisotopic (exact) mass is 201 g/mol. The van der Waals surface area contributed by atoms with E-state index < -0.39 is 0 Å². The number of hydrogen-bond donors (Lipinski definition) is 0.